The number of furan rings is 1. The fourth-order valence-corrected chi connectivity index (χ4v) is 9.26. The minimum absolute atomic E-state index is 0.893. The van der Waals surface area contributed by atoms with Crippen LogP contribution in [0.5, 0.6) is 0 Å². The van der Waals surface area contributed by atoms with E-state index in [0.717, 1.165) is 55.5 Å². The minimum atomic E-state index is 0.893. The Morgan fingerprint density at radius 3 is 1.95 bits per heavy atom. The predicted molar refractivity (Wildman–Crippen MR) is 235 cm³/mol. The number of nitrogens with zero attached hydrogens (tertiary/aromatic N) is 1. The van der Waals surface area contributed by atoms with Gasteiger partial charge in [-0.3, -0.25) is 0 Å². The Morgan fingerprint density at radius 1 is 0.364 bits per heavy atom. The summed E-state index contributed by atoms with van der Waals surface area (Å²) in [5.41, 5.74) is 12.2. The second kappa shape index (κ2) is 12.9. The molecule has 0 saturated heterocycles. The third kappa shape index (κ3) is 5.40. The van der Waals surface area contributed by atoms with E-state index >= 15 is 0 Å². The van der Waals surface area contributed by atoms with Gasteiger partial charge in [0.25, 0.3) is 0 Å². The molecule has 2 heterocycles. The summed E-state index contributed by atoms with van der Waals surface area (Å²) in [7, 11) is 0. The molecule has 3 heteroatoms. The molecule has 0 aliphatic heterocycles. The predicted octanol–water partition coefficient (Wildman–Crippen LogP) is 15.6. The van der Waals surface area contributed by atoms with E-state index in [9.17, 15) is 0 Å². The standard InChI is InChI=1S/C52H33NOS/c1-2-11-34(12-3-1)35-21-26-40(27-22-35)53(41-15-10-14-37(31-41)38-25-30-51-47(32-38)44-18-7-9-20-50(44)55-51)48-19-8-6-16-42(48)39-24-29-49-46(33-39)45-28-23-36-13-4-5-17-43(36)52(45)54-49/h1-33H. The zero-order chi connectivity index (χ0) is 36.3. The molecule has 0 unspecified atom stereocenters. The topological polar surface area (TPSA) is 16.4 Å². The summed E-state index contributed by atoms with van der Waals surface area (Å²) < 4.78 is 9.14. The summed E-state index contributed by atoms with van der Waals surface area (Å²) >= 11 is 1.85. The molecule has 0 aliphatic rings. The molecule has 0 fully saturated rings. The highest BCUT2D eigenvalue weighted by Gasteiger charge is 2.20. The lowest BCUT2D eigenvalue weighted by molar-refractivity contribution is 0.672. The van der Waals surface area contributed by atoms with Gasteiger partial charge in [-0.15, -0.1) is 11.3 Å². The van der Waals surface area contributed by atoms with Crippen LogP contribution in [0, 0.1) is 0 Å². The molecule has 11 rings (SSSR count). The van der Waals surface area contributed by atoms with Crippen LogP contribution in [0.2, 0.25) is 0 Å². The Morgan fingerprint density at radius 2 is 1.04 bits per heavy atom. The molecule has 0 aliphatic carbocycles. The zero-order valence-corrected chi connectivity index (χ0v) is 30.6. The maximum Gasteiger partial charge on any atom is 0.143 e. The van der Waals surface area contributed by atoms with Crippen LogP contribution in [-0.2, 0) is 0 Å². The molecule has 0 atom stereocenters. The third-order valence-electron chi connectivity index (χ3n) is 10.9. The number of anilines is 3. The van der Waals surface area contributed by atoms with Crippen LogP contribution in [0.25, 0.3) is 86.3 Å². The molecular weight excluding hydrogens is 687 g/mol. The van der Waals surface area contributed by atoms with Gasteiger partial charge in [-0.1, -0.05) is 133 Å². The van der Waals surface area contributed by atoms with Crippen molar-refractivity contribution in [3.63, 3.8) is 0 Å². The molecule has 258 valence electrons. The van der Waals surface area contributed by atoms with Crippen molar-refractivity contribution in [3.8, 4) is 33.4 Å². The van der Waals surface area contributed by atoms with E-state index in [1.807, 2.05) is 11.3 Å². The van der Waals surface area contributed by atoms with Gasteiger partial charge < -0.3 is 9.32 Å². The number of hydrogen-bond donors (Lipinski definition) is 0. The number of rotatable bonds is 6. The van der Waals surface area contributed by atoms with Gasteiger partial charge in [0.2, 0.25) is 0 Å². The van der Waals surface area contributed by atoms with Crippen molar-refractivity contribution in [2.24, 2.45) is 0 Å². The van der Waals surface area contributed by atoms with Crippen LogP contribution < -0.4 is 4.90 Å². The molecule has 2 nitrogen and oxygen atoms in total. The van der Waals surface area contributed by atoms with E-state index in [0.29, 0.717) is 0 Å². The number of benzene rings is 9. The van der Waals surface area contributed by atoms with Gasteiger partial charge >= 0.3 is 0 Å². The summed E-state index contributed by atoms with van der Waals surface area (Å²) in [5.74, 6) is 0. The second-order valence-electron chi connectivity index (χ2n) is 14.1. The van der Waals surface area contributed by atoms with Crippen LogP contribution in [0.4, 0.5) is 17.1 Å². The second-order valence-corrected chi connectivity index (χ2v) is 15.2. The zero-order valence-electron chi connectivity index (χ0n) is 29.8. The van der Waals surface area contributed by atoms with Crippen LogP contribution in [0.1, 0.15) is 0 Å². The summed E-state index contributed by atoms with van der Waals surface area (Å²) in [6.07, 6.45) is 0. The monoisotopic (exact) mass is 719 g/mol. The maximum atomic E-state index is 6.51. The normalized spacial score (nSPS) is 11.6. The lowest BCUT2D eigenvalue weighted by atomic mass is 9.98. The molecule has 0 spiro atoms. The van der Waals surface area contributed by atoms with Gasteiger partial charge in [-0.05, 0) is 99.9 Å². The Kier molecular flexibility index (Phi) is 7.39. The average molecular weight is 720 g/mol. The van der Waals surface area contributed by atoms with Crippen LogP contribution >= 0.6 is 11.3 Å². The SMILES string of the molecule is c1ccc(-c2ccc(N(c3cccc(-c4ccc5sc6ccccc6c5c4)c3)c3ccccc3-c3ccc4oc5c6ccccc6ccc5c4c3)cc2)cc1. The van der Waals surface area contributed by atoms with Crippen molar-refractivity contribution in [1.29, 1.82) is 0 Å². The van der Waals surface area contributed by atoms with Gasteiger partial charge in [-0.2, -0.15) is 0 Å². The lowest BCUT2D eigenvalue weighted by Gasteiger charge is -2.28. The first-order valence-electron chi connectivity index (χ1n) is 18.7. The molecule has 0 bridgehead atoms. The highest BCUT2D eigenvalue weighted by atomic mass is 32.1. The summed E-state index contributed by atoms with van der Waals surface area (Å²) in [5, 5.41) is 7.17. The fraction of sp³-hybridized carbons (Fsp3) is 0. The number of para-hydroxylation sites is 1. The largest absolute Gasteiger partial charge is 0.455 e. The van der Waals surface area contributed by atoms with Crippen molar-refractivity contribution < 1.29 is 4.42 Å². The Bertz CT molecular complexity index is 3210. The number of fused-ring (bicyclic) bond motifs is 8. The maximum absolute atomic E-state index is 6.51. The first-order chi connectivity index (χ1) is 27.2. The average Bonchev–Trinajstić information content (AvgIpc) is 3.83. The van der Waals surface area contributed by atoms with Gasteiger partial charge in [0.15, 0.2) is 0 Å². The third-order valence-corrected chi connectivity index (χ3v) is 12.0. The molecule has 9 aromatic carbocycles. The van der Waals surface area contributed by atoms with E-state index in [1.54, 1.807) is 0 Å². The molecule has 0 saturated carbocycles. The molecule has 2 aromatic heterocycles. The van der Waals surface area contributed by atoms with Crippen molar-refractivity contribution >= 4 is 81.3 Å². The van der Waals surface area contributed by atoms with Gasteiger partial charge in [0, 0.05) is 53.3 Å². The van der Waals surface area contributed by atoms with Crippen molar-refractivity contribution in [1.82, 2.24) is 0 Å². The number of thiophene rings is 1. The smallest absolute Gasteiger partial charge is 0.143 e. The Balaban J connectivity index is 1.08. The molecule has 0 N–H and O–H groups in total. The highest BCUT2D eigenvalue weighted by molar-refractivity contribution is 7.25. The van der Waals surface area contributed by atoms with Crippen molar-refractivity contribution in [2.75, 3.05) is 4.90 Å². The van der Waals surface area contributed by atoms with Crippen LogP contribution in [-0.4, -0.2) is 0 Å². The van der Waals surface area contributed by atoms with Gasteiger partial charge in [0.05, 0.1) is 5.69 Å². The molecular formula is C52H33NOS. The van der Waals surface area contributed by atoms with Crippen LogP contribution in [0.15, 0.2) is 205 Å². The molecule has 11 aromatic rings. The quantitative estimate of drug-likeness (QED) is 0.170. The summed E-state index contributed by atoms with van der Waals surface area (Å²) in [6.45, 7) is 0. The molecule has 0 amide bonds. The fourth-order valence-electron chi connectivity index (χ4n) is 8.18. The van der Waals surface area contributed by atoms with E-state index < -0.39 is 0 Å². The minimum Gasteiger partial charge on any atom is -0.455 e. The van der Waals surface area contributed by atoms with E-state index in [-0.39, 0.29) is 0 Å². The summed E-state index contributed by atoms with van der Waals surface area (Å²) in [6, 6.07) is 72.3. The molecule has 55 heavy (non-hydrogen) atoms. The van der Waals surface area contributed by atoms with Crippen molar-refractivity contribution in [3.05, 3.63) is 200 Å². The molecule has 0 radical (unpaired) electrons. The number of hydrogen-bond acceptors (Lipinski definition) is 3. The first kappa shape index (κ1) is 31.6. The lowest BCUT2D eigenvalue weighted by Crippen LogP contribution is -2.11. The van der Waals surface area contributed by atoms with Crippen LogP contribution in [0.3, 0.4) is 0 Å². The van der Waals surface area contributed by atoms with E-state index in [2.05, 4.69) is 205 Å². The van der Waals surface area contributed by atoms with Gasteiger partial charge in [0.1, 0.15) is 11.2 Å². The van der Waals surface area contributed by atoms with Crippen molar-refractivity contribution in [2.45, 2.75) is 0 Å². The Labute approximate surface area is 322 Å². The summed E-state index contributed by atoms with van der Waals surface area (Å²) in [4.78, 5) is 2.40. The highest BCUT2D eigenvalue weighted by Crippen LogP contribution is 2.44. The first-order valence-corrected chi connectivity index (χ1v) is 19.5. The van der Waals surface area contributed by atoms with E-state index in [4.69, 9.17) is 4.42 Å². The van der Waals surface area contributed by atoms with Gasteiger partial charge in [-0.25, -0.2) is 0 Å². The Hall–Kier alpha value is -6.94. The van der Waals surface area contributed by atoms with E-state index in [1.165, 1.54) is 47.8 Å².